The smallest absolute Gasteiger partial charge is 0.234 e. The first-order chi connectivity index (χ1) is 12.1. The Morgan fingerprint density at radius 2 is 1.96 bits per heavy atom. The molecule has 3 aromatic rings. The van der Waals surface area contributed by atoms with Gasteiger partial charge in [0.1, 0.15) is 5.69 Å². The van der Waals surface area contributed by atoms with Crippen molar-refractivity contribution in [1.82, 2.24) is 29.2 Å². The summed E-state index contributed by atoms with van der Waals surface area (Å²) < 4.78 is 1.86. The lowest BCUT2D eigenvalue weighted by molar-refractivity contribution is 0.109. The number of piperidine rings is 1. The fraction of sp³-hybridized carbons (Fsp3) is 0.444. The molecule has 1 atom stereocenters. The van der Waals surface area contributed by atoms with Crippen LogP contribution in [-0.4, -0.2) is 41.8 Å². The predicted molar refractivity (Wildman–Crippen MR) is 97.5 cm³/mol. The Morgan fingerprint density at radius 1 is 1.12 bits per heavy atom. The standard InChI is InChI=1S/C18H21ClN6/c1-12(2)24-6-4-3-5-16(24)14-8-20-9-15(23-14)17-10-22-18-21-7-13(19)11-25(17)18/h7-12,16H,3-6H2,1-2H3. The van der Waals surface area contributed by atoms with E-state index in [4.69, 9.17) is 16.6 Å². The van der Waals surface area contributed by atoms with Gasteiger partial charge in [0.2, 0.25) is 5.78 Å². The zero-order valence-corrected chi connectivity index (χ0v) is 15.2. The Hall–Kier alpha value is -2.05. The molecule has 0 aliphatic carbocycles. The lowest BCUT2D eigenvalue weighted by atomic mass is 9.98. The molecular formula is C18H21ClN6. The Morgan fingerprint density at radius 3 is 2.80 bits per heavy atom. The number of halogens is 1. The molecule has 0 N–H and O–H groups in total. The number of hydrogen-bond acceptors (Lipinski definition) is 5. The van der Waals surface area contributed by atoms with Gasteiger partial charge in [-0.25, -0.2) is 15.0 Å². The highest BCUT2D eigenvalue weighted by Crippen LogP contribution is 2.32. The number of rotatable bonds is 3. The SMILES string of the molecule is CC(C)N1CCCCC1c1cncc(-c2cnc3ncc(Cl)cn23)n1. The second kappa shape index (κ2) is 6.69. The molecular weight excluding hydrogens is 336 g/mol. The van der Waals surface area contributed by atoms with Gasteiger partial charge in [-0.15, -0.1) is 0 Å². The van der Waals surface area contributed by atoms with Crippen LogP contribution in [0.25, 0.3) is 17.2 Å². The molecule has 130 valence electrons. The quantitative estimate of drug-likeness (QED) is 0.714. The first kappa shape index (κ1) is 16.4. The maximum Gasteiger partial charge on any atom is 0.234 e. The average Bonchev–Trinajstić information content (AvgIpc) is 3.05. The molecule has 4 heterocycles. The summed E-state index contributed by atoms with van der Waals surface area (Å²) in [5.74, 6) is 0.605. The molecule has 0 radical (unpaired) electrons. The predicted octanol–water partition coefficient (Wildman–Crippen LogP) is 3.78. The minimum absolute atomic E-state index is 0.321. The van der Waals surface area contributed by atoms with Crippen LogP contribution in [-0.2, 0) is 0 Å². The average molecular weight is 357 g/mol. The maximum absolute atomic E-state index is 6.09. The third-order valence-corrected chi connectivity index (χ3v) is 4.99. The molecule has 1 unspecified atom stereocenters. The van der Waals surface area contributed by atoms with Gasteiger partial charge in [0.05, 0.1) is 47.2 Å². The van der Waals surface area contributed by atoms with E-state index in [0.717, 1.165) is 30.0 Å². The highest BCUT2D eigenvalue weighted by atomic mass is 35.5. The summed E-state index contributed by atoms with van der Waals surface area (Å²) in [5, 5.41) is 0.564. The molecule has 0 amide bonds. The van der Waals surface area contributed by atoms with Gasteiger partial charge in [-0.3, -0.25) is 14.3 Å². The van der Waals surface area contributed by atoms with E-state index in [1.165, 1.54) is 12.8 Å². The zero-order chi connectivity index (χ0) is 17.4. The Kier molecular flexibility index (Phi) is 4.39. The third-order valence-electron chi connectivity index (χ3n) is 4.80. The highest BCUT2D eigenvalue weighted by Gasteiger charge is 2.27. The molecule has 1 saturated heterocycles. The van der Waals surface area contributed by atoms with Gasteiger partial charge in [-0.05, 0) is 33.2 Å². The van der Waals surface area contributed by atoms with Crippen LogP contribution in [0.1, 0.15) is 44.8 Å². The summed E-state index contributed by atoms with van der Waals surface area (Å²) in [6.07, 6.45) is 12.4. The molecule has 0 bridgehead atoms. The number of imidazole rings is 1. The van der Waals surface area contributed by atoms with E-state index in [-0.39, 0.29) is 0 Å². The van der Waals surface area contributed by atoms with Crippen LogP contribution in [0.2, 0.25) is 5.02 Å². The van der Waals surface area contributed by atoms with Gasteiger partial charge in [-0.1, -0.05) is 18.0 Å². The van der Waals surface area contributed by atoms with Crippen molar-refractivity contribution in [2.24, 2.45) is 0 Å². The van der Waals surface area contributed by atoms with E-state index < -0.39 is 0 Å². The van der Waals surface area contributed by atoms with Gasteiger partial charge in [-0.2, -0.15) is 0 Å². The molecule has 6 nitrogen and oxygen atoms in total. The largest absolute Gasteiger partial charge is 0.292 e. The molecule has 0 spiro atoms. The summed E-state index contributed by atoms with van der Waals surface area (Å²) in [4.78, 5) is 20.5. The number of nitrogens with zero attached hydrogens (tertiary/aromatic N) is 6. The molecule has 7 heteroatoms. The molecule has 1 fully saturated rings. The summed E-state index contributed by atoms with van der Waals surface area (Å²) >= 11 is 6.09. The minimum Gasteiger partial charge on any atom is -0.292 e. The Balaban J connectivity index is 1.75. The van der Waals surface area contributed by atoms with Gasteiger partial charge >= 0.3 is 0 Å². The normalized spacial score (nSPS) is 19.0. The number of aromatic nitrogens is 5. The van der Waals surface area contributed by atoms with Crippen LogP contribution in [0.3, 0.4) is 0 Å². The zero-order valence-electron chi connectivity index (χ0n) is 14.4. The van der Waals surface area contributed by atoms with Crippen LogP contribution >= 0.6 is 11.6 Å². The molecule has 4 rings (SSSR count). The van der Waals surface area contributed by atoms with Crippen LogP contribution in [0, 0.1) is 0 Å². The summed E-state index contributed by atoms with van der Waals surface area (Å²) in [6, 6.07) is 0.816. The number of likely N-dealkylation sites (tertiary alicyclic amines) is 1. The topological polar surface area (TPSA) is 59.2 Å². The summed E-state index contributed by atoms with van der Waals surface area (Å²) in [5.41, 5.74) is 2.67. The first-order valence-corrected chi connectivity index (χ1v) is 9.08. The fourth-order valence-corrected chi connectivity index (χ4v) is 3.74. The van der Waals surface area contributed by atoms with E-state index in [1.54, 1.807) is 18.6 Å². The van der Waals surface area contributed by atoms with Crippen molar-refractivity contribution in [3.8, 4) is 11.4 Å². The van der Waals surface area contributed by atoms with Crippen LogP contribution in [0.15, 0.2) is 31.0 Å². The molecule has 1 aliphatic heterocycles. The van der Waals surface area contributed by atoms with Crippen LogP contribution < -0.4 is 0 Å². The monoisotopic (exact) mass is 356 g/mol. The minimum atomic E-state index is 0.321. The lowest BCUT2D eigenvalue weighted by Gasteiger charge is -2.38. The Bertz CT molecular complexity index is 890. The van der Waals surface area contributed by atoms with Crippen molar-refractivity contribution in [1.29, 1.82) is 0 Å². The van der Waals surface area contributed by atoms with Crippen molar-refractivity contribution >= 4 is 17.4 Å². The molecule has 0 saturated carbocycles. The summed E-state index contributed by atoms with van der Waals surface area (Å²) in [6.45, 7) is 5.60. The van der Waals surface area contributed by atoms with Gasteiger partial charge in [0, 0.05) is 12.2 Å². The van der Waals surface area contributed by atoms with E-state index in [1.807, 2.05) is 16.8 Å². The van der Waals surface area contributed by atoms with Crippen LogP contribution in [0.4, 0.5) is 0 Å². The van der Waals surface area contributed by atoms with E-state index >= 15 is 0 Å². The van der Waals surface area contributed by atoms with Gasteiger partial charge in [0.25, 0.3) is 0 Å². The third kappa shape index (κ3) is 3.12. The Labute approximate surface area is 151 Å². The van der Waals surface area contributed by atoms with Crippen molar-refractivity contribution < 1.29 is 0 Å². The van der Waals surface area contributed by atoms with E-state index in [0.29, 0.717) is 22.9 Å². The summed E-state index contributed by atoms with van der Waals surface area (Å²) in [7, 11) is 0. The second-order valence-electron chi connectivity index (χ2n) is 6.76. The second-order valence-corrected chi connectivity index (χ2v) is 7.19. The van der Waals surface area contributed by atoms with Crippen LogP contribution in [0.5, 0.6) is 0 Å². The van der Waals surface area contributed by atoms with Crippen molar-refractivity contribution in [3.05, 3.63) is 41.7 Å². The van der Waals surface area contributed by atoms with E-state index in [2.05, 4.69) is 33.7 Å². The van der Waals surface area contributed by atoms with E-state index in [9.17, 15) is 0 Å². The molecule has 1 aliphatic rings. The highest BCUT2D eigenvalue weighted by molar-refractivity contribution is 6.30. The van der Waals surface area contributed by atoms with Gasteiger partial charge < -0.3 is 0 Å². The number of fused-ring (bicyclic) bond motifs is 1. The lowest BCUT2D eigenvalue weighted by Crippen LogP contribution is -2.38. The number of hydrogen-bond donors (Lipinski definition) is 0. The molecule has 0 aromatic carbocycles. The maximum atomic E-state index is 6.09. The van der Waals surface area contributed by atoms with Crippen molar-refractivity contribution in [2.45, 2.75) is 45.2 Å². The van der Waals surface area contributed by atoms with Gasteiger partial charge in [0.15, 0.2) is 0 Å². The fourth-order valence-electron chi connectivity index (χ4n) is 3.59. The van der Waals surface area contributed by atoms with Crippen molar-refractivity contribution in [3.63, 3.8) is 0 Å². The van der Waals surface area contributed by atoms with Crippen molar-refractivity contribution in [2.75, 3.05) is 6.54 Å². The first-order valence-electron chi connectivity index (χ1n) is 8.70. The molecule has 3 aromatic heterocycles. The molecule has 25 heavy (non-hydrogen) atoms.